The van der Waals surface area contributed by atoms with Crippen molar-refractivity contribution < 1.29 is 44.2 Å². The van der Waals surface area contributed by atoms with Gasteiger partial charge in [0.15, 0.2) is 6.29 Å². The highest BCUT2D eigenvalue weighted by Crippen LogP contribution is 2.22. The molecule has 1 fully saturated rings. The molecular formula is C43H76O9. The van der Waals surface area contributed by atoms with E-state index >= 15 is 0 Å². The Morgan fingerprint density at radius 1 is 0.635 bits per heavy atom. The van der Waals surface area contributed by atoms with Gasteiger partial charge in [0.25, 0.3) is 0 Å². The zero-order valence-electron chi connectivity index (χ0n) is 32.8. The van der Waals surface area contributed by atoms with Crippen molar-refractivity contribution >= 4 is 5.97 Å². The molecule has 6 unspecified atom stereocenters. The zero-order chi connectivity index (χ0) is 37.9. The summed E-state index contributed by atoms with van der Waals surface area (Å²) >= 11 is 0. The topological polar surface area (TPSA) is 135 Å². The van der Waals surface area contributed by atoms with Gasteiger partial charge in [-0.2, -0.15) is 0 Å². The first-order valence-electron chi connectivity index (χ1n) is 20.7. The van der Waals surface area contributed by atoms with Crippen LogP contribution in [0.25, 0.3) is 0 Å². The molecule has 0 radical (unpaired) electrons. The fourth-order valence-corrected chi connectivity index (χ4v) is 5.97. The van der Waals surface area contributed by atoms with Gasteiger partial charge in [0.05, 0.1) is 19.8 Å². The maximum Gasteiger partial charge on any atom is 0.306 e. The number of rotatable bonds is 34. The average Bonchev–Trinajstić information content (AvgIpc) is 3.14. The van der Waals surface area contributed by atoms with E-state index in [1.165, 1.54) is 51.4 Å². The lowest BCUT2D eigenvalue weighted by molar-refractivity contribution is -0.305. The van der Waals surface area contributed by atoms with E-state index in [-0.39, 0.29) is 19.2 Å². The van der Waals surface area contributed by atoms with Gasteiger partial charge in [0.2, 0.25) is 0 Å². The van der Waals surface area contributed by atoms with Crippen molar-refractivity contribution in [3.8, 4) is 0 Å². The number of ether oxygens (including phenoxy) is 4. The van der Waals surface area contributed by atoms with Crippen LogP contribution >= 0.6 is 0 Å². The smallest absolute Gasteiger partial charge is 0.306 e. The summed E-state index contributed by atoms with van der Waals surface area (Å²) in [7, 11) is 0. The minimum Gasteiger partial charge on any atom is -0.457 e. The number of carbonyl (C=O) groups is 1. The van der Waals surface area contributed by atoms with Crippen LogP contribution in [-0.2, 0) is 23.7 Å². The summed E-state index contributed by atoms with van der Waals surface area (Å²) in [6.45, 7) is 4.38. The molecule has 1 aliphatic heterocycles. The maximum absolute atomic E-state index is 12.7. The first-order chi connectivity index (χ1) is 25.4. The standard InChI is InChI=1S/C43H76O9/c1-3-5-7-9-11-13-15-17-19-20-22-24-26-28-30-32-39(45)51-37(36-50-43-42(48)41(47)40(46)38(34-44)52-43)35-49-33-31-29-27-25-23-21-18-16-14-12-10-8-6-4-2/h5,7,11,13-14,16-17,19,37-38,40-44,46-48H,3-4,6,8-10,12,15,18,20-36H2,1-2H3/b7-5-,13-11-,16-14-,19-17-. The Hall–Kier alpha value is -1.85. The molecule has 9 nitrogen and oxygen atoms in total. The number of aliphatic hydroxyl groups excluding tert-OH is 4. The van der Waals surface area contributed by atoms with E-state index in [0.29, 0.717) is 13.0 Å². The van der Waals surface area contributed by atoms with E-state index in [4.69, 9.17) is 18.9 Å². The van der Waals surface area contributed by atoms with Crippen molar-refractivity contribution in [1.29, 1.82) is 0 Å². The Kier molecular flexibility index (Phi) is 32.3. The monoisotopic (exact) mass is 737 g/mol. The van der Waals surface area contributed by atoms with Gasteiger partial charge in [-0.25, -0.2) is 0 Å². The molecule has 0 spiro atoms. The summed E-state index contributed by atoms with van der Waals surface area (Å²) < 4.78 is 22.7. The number of hydrogen-bond donors (Lipinski definition) is 4. The van der Waals surface area contributed by atoms with Crippen LogP contribution in [0.3, 0.4) is 0 Å². The van der Waals surface area contributed by atoms with Crippen LogP contribution in [-0.4, -0.2) is 89.6 Å². The summed E-state index contributed by atoms with van der Waals surface area (Å²) in [4.78, 5) is 12.7. The molecule has 1 aliphatic rings. The van der Waals surface area contributed by atoms with Gasteiger partial charge in [-0.3, -0.25) is 4.79 Å². The van der Waals surface area contributed by atoms with Gasteiger partial charge in [0.1, 0.15) is 30.5 Å². The highest BCUT2D eigenvalue weighted by atomic mass is 16.7. The Balaban J connectivity index is 2.32. The molecule has 0 aromatic rings. The predicted octanol–water partition coefficient (Wildman–Crippen LogP) is 8.58. The fraction of sp³-hybridized carbons (Fsp3) is 0.791. The third kappa shape index (κ3) is 26.0. The summed E-state index contributed by atoms with van der Waals surface area (Å²) in [5.41, 5.74) is 0. The first kappa shape index (κ1) is 48.2. The van der Waals surface area contributed by atoms with Crippen LogP contribution in [0.2, 0.25) is 0 Å². The Bertz CT molecular complexity index is 932. The van der Waals surface area contributed by atoms with Crippen molar-refractivity contribution in [1.82, 2.24) is 0 Å². The number of carbonyl (C=O) groups excluding carboxylic acids is 1. The Labute approximate surface area is 316 Å². The van der Waals surface area contributed by atoms with Gasteiger partial charge in [-0.15, -0.1) is 0 Å². The van der Waals surface area contributed by atoms with E-state index in [1.54, 1.807) is 0 Å². The highest BCUT2D eigenvalue weighted by Gasteiger charge is 2.44. The van der Waals surface area contributed by atoms with E-state index in [1.807, 2.05) is 0 Å². The van der Waals surface area contributed by atoms with Crippen LogP contribution in [0.1, 0.15) is 155 Å². The van der Waals surface area contributed by atoms with E-state index in [0.717, 1.165) is 83.5 Å². The minimum atomic E-state index is -1.54. The molecule has 0 aliphatic carbocycles. The number of esters is 1. The summed E-state index contributed by atoms with van der Waals surface area (Å²) in [5, 5.41) is 40.0. The van der Waals surface area contributed by atoms with Crippen LogP contribution in [0, 0.1) is 0 Å². The third-order valence-electron chi connectivity index (χ3n) is 9.23. The van der Waals surface area contributed by atoms with Gasteiger partial charge in [-0.05, 0) is 70.6 Å². The quantitative estimate of drug-likeness (QED) is 0.0291. The van der Waals surface area contributed by atoms with Gasteiger partial charge < -0.3 is 39.4 Å². The van der Waals surface area contributed by atoms with Crippen molar-refractivity contribution in [3.05, 3.63) is 48.6 Å². The second-order valence-corrected chi connectivity index (χ2v) is 14.0. The molecule has 4 N–H and O–H groups in total. The Morgan fingerprint density at radius 3 is 1.79 bits per heavy atom. The third-order valence-corrected chi connectivity index (χ3v) is 9.23. The molecule has 0 bridgehead atoms. The van der Waals surface area contributed by atoms with E-state index in [2.05, 4.69) is 62.5 Å². The lowest BCUT2D eigenvalue weighted by atomic mass is 9.99. The fourth-order valence-electron chi connectivity index (χ4n) is 5.97. The van der Waals surface area contributed by atoms with Crippen molar-refractivity contribution in [2.75, 3.05) is 26.4 Å². The summed E-state index contributed by atoms with van der Waals surface area (Å²) in [5.74, 6) is -0.335. The zero-order valence-corrected chi connectivity index (χ0v) is 32.8. The SMILES string of the molecule is CC/C=C\C/C=C\C/C=C\CCCCCCCC(=O)OC(COCCCCCCCC/C=C\CCCCCC)COC1OC(CO)C(O)C(O)C1O. The second kappa shape index (κ2) is 34.9. The Morgan fingerprint density at radius 2 is 1.17 bits per heavy atom. The van der Waals surface area contributed by atoms with Crippen molar-refractivity contribution in [3.63, 3.8) is 0 Å². The minimum absolute atomic E-state index is 0.124. The molecule has 1 heterocycles. The predicted molar refractivity (Wildman–Crippen MR) is 210 cm³/mol. The van der Waals surface area contributed by atoms with Crippen LogP contribution in [0.5, 0.6) is 0 Å². The normalized spacial score (nSPS) is 21.7. The van der Waals surface area contributed by atoms with Crippen LogP contribution in [0.15, 0.2) is 48.6 Å². The lowest BCUT2D eigenvalue weighted by Crippen LogP contribution is -2.59. The van der Waals surface area contributed by atoms with Crippen molar-refractivity contribution in [2.24, 2.45) is 0 Å². The highest BCUT2D eigenvalue weighted by molar-refractivity contribution is 5.69. The summed E-state index contributed by atoms with van der Waals surface area (Å²) in [6.07, 6.45) is 34.2. The average molecular weight is 737 g/mol. The summed E-state index contributed by atoms with van der Waals surface area (Å²) in [6, 6.07) is 0. The molecule has 9 heteroatoms. The first-order valence-corrected chi connectivity index (χ1v) is 20.7. The molecule has 0 aromatic carbocycles. The lowest BCUT2D eigenvalue weighted by Gasteiger charge is -2.39. The van der Waals surface area contributed by atoms with E-state index < -0.39 is 43.4 Å². The molecule has 302 valence electrons. The molecule has 1 rings (SSSR count). The largest absolute Gasteiger partial charge is 0.457 e. The number of unbranched alkanes of at least 4 members (excludes halogenated alkanes) is 15. The molecule has 0 amide bonds. The molecule has 0 saturated carbocycles. The van der Waals surface area contributed by atoms with Gasteiger partial charge in [-0.1, -0.05) is 127 Å². The number of hydrogen-bond acceptors (Lipinski definition) is 9. The molecule has 52 heavy (non-hydrogen) atoms. The molecule has 6 atom stereocenters. The molecule has 1 saturated heterocycles. The molecule has 0 aromatic heterocycles. The number of aliphatic hydroxyl groups is 4. The maximum atomic E-state index is 12.7. The van der Waals surface area contributed by atoms with Crippen LogP contribution in [0.4, 0.5) is 0 Å². The van der Waals surface area contributed by atoms with Gasteiger partial charge in [0, 0.05) is 13.0 Å². The molecular weight excluding hydrogens is 660 g/mol. The second-order valence-electron chi connectivity index (χ2n) is 14.0. The van der Waals surface area contributed by atoms with Crippen molar-refractivity contribution in [2.45, 2.75) is 192 Å². The van der Waals surface area contributed by atoms with Gasteiger partial charge >= 0.3 is 5.97 Å². The number of allylic oxidation sites excluding steroid dienone is 8. The van der Waals surface area contributed by atoms with Crippen LogP contribution < -0.4 is 0 Å². The van der Waals surface area contributed by atoms with E-state index in [9.17, 15) is 25.2 Å².